The van der Waals surface area contributed by atoms with Crippen LogP contribution >= 0.6 is 0 Å². The third kappa shape index (κ3) is 3.96. The zero-order valence-corrected chi connectivity index (χ0v) is 11.8. The molecule has 94 valence electrons. The van der Waals surface area contributed by atoms with Crippen LogP contribution in [-0.2, 0) is 0 Å². The van der Waals surface area contributed by atoms with Crippen molar-refractivity contribution in [2.24, 2.45) is 11.8 Å². The summed E-state index contributed by atoms with van der Waals surface area (Å²) in [5.41, 5.74) is 3.67. The van der Waals surface area contributed by atoms with Crippen LogP contribution in [0.2, 0.25) is 0 Å². The molecule has 16 heavy (non-hydrogen) atoms. The summed E-state index contributed by atoms with van der Waals surface area (Å²) in [5, 5.41) is 0. The number of hydrogen-bond donors (Lipinski definition) is 0. The molecule has 0 amide bonds. The SMILES string of the molecule is CCCCC1=C(CCCC)C[C@H](C)[C@H](C)C1. The highest BCUT2D eigenvalue weighted by atomic mass is 14.3. The summed E-state index contributed by atoms with van der Waals surface area (Å²) in [6, 6.07) is 0. The third-order valence-corrected chi connectivity index (χ3v) is 4.27. The van der Waals surface area contributed by atoms with Gasteiger partial charge in [0.2, 0.25) is 0 Å². The Balaban J connectivity index is 2.64. The van der Waals surface area contributed by atoms with Crippen molar-refractivity contribution in [1.29, 1.82) is 0 Å². The smallest absolute Gasteiger partial charge is 0.0289 e. The van der Waals surface area contributed by atoms with Gasteiger partial charge in [0.25, 0.3) is 0 Å². The first-order valence-electron chi connectivity index (χ1n) is 7.38. The van der Waals surface area contributed by atoms with E-state index in [2.05, 4.69) is 27.7 Å². The Morgan fingerprint density at radius 2 is 1.19 bits per heavy atom. The van der Waals surface area contributed by atoms with E-state index in [1.807, 2.05) is 11.1 Å². The van der Waals surface area contributed by atoms with E-state index in [0.29, 0.717) is 0 Å². The Morgan fingerprint density at radius 3 is 1.50 bits per heavy atom. The molecule has 0 aromatic rings. The van der Waals surface area contributed by atoms with Gasteiger partial charge < -0.3 is 0 Å². The highest BCUT2D eigenvalue weighted by molar-refractivity contribution is 5.19. The van der Waals surface area contributed by atoms with Crippen LogP contribution < -0.4 is 0 Å². The summed E-state index contributed by atoms with van der Waals surface area (Å²) in [5.74, 6) is 1.83. The normalized spacial score (nSPS) is 26.2. The maximum Gasteiger partial charge on any atom is -0.0289 e. The molecule has 0 saturated carbocycles. The number of hydrogen-bond acceptors (Lipinski definition) is 0. The fourth-order valence-electron chi connectivity index (χ4n) is 2.81. The van der Waals surface area contributed by atoms with Gasteiger partial charge in [-0.3, -0.25) is 0 Å². The zero-order valence-electron chi connectivity index (χ0n) is 11.8. The lowest BCUT2D eigenvalue weighted by Crippen LogP contribution is -2.17. The minimum atomic E-state index is 0.914. The highest BCUT2D eigenvalue weighted by Gasteiger charge is 2.23. The predicted molar refractivity (Wildman–Crippen MR) is 73.6 cm³/mol. The van der Waals surface area contributed by atoms with Crippen molar-refractivity contribution in [3.8, 4) is 0 Å². The van der Waals surface area contributed by atoms with E-state index in [9.17, 15) is 0 Å². The molecular weight excluding hydrogens is 192 g/mol. The fraction of sp³-hybridized carbons (Fsp3) is 0.875. The van der Waals surface area contributed by atoms with Gasteiger partial charge in [-0.05, 0) is 50.4 Å². The van der Waals surface area contributed by atoms with Crippen molar-refractivity contribution in [3.05, 3.63) is 11.1 Å². The van der Waals surface area contributed by atoms with Crippen LogP contribution in [-0.4, -0.2) is 0 Å². The second kappa shape index (κ2) is 7.14. The van der Waals surface area contributed by atoms with Gasteiger partial charge in [0.1, 0.15) is 0 Å². The van der Waals surface area contributed by atoms with Crippen LogP contribution in [0.4, 0.5) is 0 Å². The zero-order chi connectivity index (χ0) is 12.0. The maximum absolute atomic E-state index is 2.44. The number of unbranched alkanes of at least 4 members (excludes halogenated alkanes) is 2. The molecule has 1 aliphatic carbocycles. The van der Waals surface area contributed by atoms with Crippen LogP contribution in [0, 0.1) is 11.8 Å². The summed E-state index contributed by atoms with van der Waals surface area (Å²) in [6.07, 6.45) is 11.0. The van der Waals surface area contributed by atoms with Crippen molar-refractivity contribution in [2.75, 3.05) is 0 Å². The van der Waals surface area contributed by atoms with Gasteiger partial charge >= 0.3 is 0 Å². The van der Waals surface area contributed by atoms with Crippen LogP contribution in [0.1, 0.15) is 79.1 Å². The maximum atomic E-state index is 2.44. The van der Waals surface area contributed by atoms with Gasteiger partial charge in [-0.1, -0.05) is 51.7 Å². The van der Waals surface area contributed by atoms with E-state index in [-0.39, 0.29) is 0 Å². The molecule has 1 rings (SSSR count). The predicted octanol–water partition coefficient (Wildman–Crippen LogP) is 5.73. The van der Waals surface area contributed by atoms with Gasteiger partial charge in [0.05, 0.1) is 0 Å². The molecule has 0 aromatic heterocycles. The molecule has 0 heterocycles. The lowest BCUT2D eigenvalue weighted by atomic mass is 9.75. The van der Waals surface area contributed by atoms with Crippen LogP contribution in [0.25, 0.3) is 0 Å². The molecule has 0 aromatic carbocycles. The van der Waals surface area contributed by atoms with Gasteiger partial charge in [-0.2, -0.15) is 0 Å². The van der Waals surface area contributed by atoms with Crippen LogP contribution in [0.15, 0.2) is 11.1 Å². The first kappa shape index (κ1) is 13.8. The summed E-state index contributed by atoms with van der Waals surface area (Å²) in [6.45, 7) is 9.49. The monoisotopic (exact) mass is 222 g/mol. The molecule has 0 unspecified atom stereocenters. The average molecular weight is 222 g/mol. The summed E-state index contributed by atoms with van der Waals surface area (Å²) >= 11 is 0. The molecule has 0 nitrogen and oxygen atoms in total. The van der Waals surface area contributed by atoms with Crippen LogP contribution in [0.5, 0.6) is 0 Å². The molecule has 2 atom stereocenters. The molecule has 0 N–H and O–H groups in total. The first-order valence-corrected chi connectivity index (χ1v) is 7.38. The van der Waals surface area contributed by atoms with Crippen molar-refractivity contribution >= 4 is 0 Å². The standard InChI is InChI=1S/C16H30/c1-5-7-9-15-11-13(3)14(4)12-16(15)10-8-6-2/h13-14H,5-12H2,1-4H3/t13-,14+. The van der Waals surface area contributed by atoms with E-state index in [4.69, 9.17) is 0 Å². The second-order valence-corrected chi connectivity index (χ2v) is 5.78. The minimum absolute atomic E-state index is 0.914. The Bertz CT molecular complexity index is 200. The molecule has 0 aliphatic heterocycles. The summed E-state index contributed by atoms with van der Waals surface area (Å²) < 4.78 is 0. The lowest BCUT2D eigenvalue weighted by molar-refractivity contribution is 0.347. The molecular formula is C16H30. The van der Waals surface area contributed by atoms with Crippen molar-refractivity contribution in [2.45, 2.75) is 79.1 Å². The van der Waals surface area contributed by atoms with Gasteiger partial charge in [0.15, 0.2) is 0 Å². The van der Waals surface area contributed by atoms with Gasteiger partial charge in [0, 0.05) is 0 Å². The minimum Gasteiger partial charge on any atom is -0.0707 e. The molecule has 0 radical (unpaired) electrons. The molecule has 0 saturated heterocycles. The van der Waals surface area contributed by atoms with E-state index >= 15 is 0 Å². The molecule has 0 spiro atoms. The van der Waals surface area contributed by atoms with Crippen molar-refractivity contribution in [3.63, 3.8) is 0 Å². The molecule has 0 bridgehead atoms. The largest absolute Gasteiger partial charge is 0.0707 e. The Labute approximate surface area is 103 Å². The highest BCUT2D eigenvalue weighted by Crippen LogP contribution is 2.37. The fourth-order valence-corrected chi connectivity index (χ4v) is 2.81. The molecule has 0 heteroatoms. The van der Waals surface area contributed by atoms with E-state index in [1.165, 1.54) is 51.4 Å². The Morgan fingerprint density at radius 1 is 0.812 bits per heavy atom. The quantitative estimate of drug-likeness (QED) is 0.503. The first-order chi connectivity index (χ1) is 7.69. The summed E-state index contributed by atoms with van der Waals surface area (Å²) in [7, 11) is 0. The summed E-state index contributed by atoms with van der Waals surface area (Å²) in [4.78, 5) is 0. The lowest BCUT2D eigenvalue weighted by Gasteiger charge is -2.31. The topological polar surface area (TPSA) is 0 Å². The van der Waals surface area contributed by atoms with Crippen molar-refractivity contribution in [1.82, 2.24) is 0 Å². The Hall–Kier alpha value is -0.260. The second-order valence-electron chi connectivity index (χ2n) is 5.78. The molecule has 0 fully saturated rings. The number of allylic oxidation sites excluding steroid dienone is 2. The average Bonchev–Trinajstić information content (AvgIpc) is 2.28. The van der Waals surface area contributed by atoms with E-state index < -0.39 is 0 Å². The van der Waals surface area contributed by atoms with Crippen molar-refractivity contribution < 1.29 is 0 Å². The van der Waals surface area contributed by atoms with E-state index in [0.717, 1.165) is 11.8 Å². The van der Waals surface area contributed by atoms with Gasteiger partial charge in [-0.15, -0.1) is 0 Å². The van der Waals surface area contributed by atoms with Crippen LogP contribution in [0.3, 0.4) is 0 Å². The number of rotatable bonds is 6. The van der Waals surface area contributed by atoms with Gasteiger partial charge in [-0.25, -0.2) is 0 Å². The van der Waals surface area contributed by atoms with E-state index in [1.54, 1.807) is 0 Å². The molecule has 1 aliphatic rings. The Kier molecular flexibility index (Phi) is 6.16. The third-order valence-electron chi connectivity index (χ3n) is 4.27.